The normalized spacial score (nSPS) is 21.9. The van der Waals surface area contributed by atoms with Crippen LogP contribution < -0.4 is 14.4 Å². The molecule has 0 spiro atoms. The average molecular weight is 457 g/mol. The van der Waals surface area contributed by atoms with E-state index in [9.17, 15) is 14.4 Å². The molecule has 0 radical (unpaired) electrons. The lowest BCUT2D eigenvalue weighted by atomic mass is 10.1. The van der Waals surface area contributed by atoms with Crippen LogP contribution in [0.4, 0.5) is 10.5 Å². The summed E-state index contributed by atoms with van der Waals surface area (Å²) in [4.78, 5) is 49.0. The Morgan fingerprint density at radius 3 is 2.45 bits per heavy atom. The summed E-state index contributed by atoms with van der Waals surface area (Å²) >= 11 is 0. The van der Waals surface area contributed by atoms with Gasteiger partial charge in [-0.25, -0.2) is 9.79 Å². The molecule has 0 aliphatic carbocycles. The fourth-order valence-electron chi connectivity index (χ4n) is 4.38. The minimum Gasteiger partial charge on any atom is -0.497 e. The number of amides is 3. The van der Waals surface area contributed by atoms with E-state index in [0.29, 0.717) is 23.1 Å². The van der Waals surface area contributed by atoms with E-state index < -0.39 is 30.1 Å². The Labute approximate surface area is 191 Å². The van der Waals surface area contributed by atoms with E-state index in [1.165, 1.54) is 12.0 Å². The van der Waals surface area contributed by atoms with Crippen molar-refractivity contribution in [3.05, 3.63) is 29.6 Å². The van der Waals surface area contributed by atoms with Gasteiger partial charge in [0.2, 0.25) is 5.96 Å². The highest BCUT2D eigenvalue weighted by Gasteiger charge is 2.56. The lowest BCUT2D eigenvalue weighted by Crippen LogP contribution is -2.64. The van der Waals surface area contributed by atoms with Crippen LogP contribution in [0.1, 0.15) is 20.3 Å². The van der Waals surface area contributed by atoms with Crippen LogP contribution in [0.25, 0.3) is 0 Å². The summed E-state index contributed by atoms with van der Waals surface area (Å²) in [6.07, 6.45) is -0.773. The number of anilines is 1. The number of carbonyl (C=O) groups is 3. The number of nitrogens with zero attached hydrogens (tertiary/aromatic N) is 5. The number of carbonyl (C=O) groups excluding carboxylic acids is 3. The van der Waals surface area contributed by atoms with Crippen LogP contribution in [0.5, 0.6) is 11.5 Å². The maximum absolute atomic E-state index is 13.5. The quantitative estimate of drug-likeness (QED) is 0.594. The molecule has 0 saturated carbocycles. The van der Waals surface area contributed by atoms with Crippen molar-refractivity contribution in [1.82, 2.24) is 14.7 Å². The molecule has 4 rings (SSSR count). The zero-order valence-electron chi connectivity index (χ0n) is 19.5. The zero-order chi connectivity index (χ0) is 24.0. The largest absolute Gasteiger partial charge is 0.497 e. The van der Waals surface area contributed by atoms with Crippen molar-refractivity contribution in [3.8, 4) is 11.5 Å². The van der Waals surface area contributed by atoms with Gasteiger partial charge in [-0.1, -0.05) is 0 Å². The van der Waals surface area contributed by atoms with E-state index in [0.717, 1.165) is 16.3 Å². The third-order valence-electron chi connectivity index (χ3n) is 6.29. The summed E-state index contributed by atoms with van der Waals surface area (Å²) in [5.41, 5.74) is 2.40. The third kappa shape index (κ3) is 3.35. The van der Waals surface area contributed by atoms with Gasteiger partial charge in [-0.15, -0.1) is 0 Å². The fourth-order valence-corrected chi connectivity index (χ4v) is 4.38. The number of rotatable bonds is 6. The maximum Gasteiger partial charge on any atom is 0.328 e. The van der Waals surface area contributed by atoms with Crippen molar-refractivity contribution >= 4 is 29.6 Å². The van der Waals surface area contributed by atoms with Gasteiger partial charge in [-0.2, -0.15) is 0 Å². The summed E-state index contributed by atoms with van der Waals surface area (Å²) in [7, 11) is 6.03. The van der Waals surface area contributed by atoms with E-state index >= 15 is 0 Å². The predicted octanol–water partition coefficient (Wildman–Crippen LogP) is 1.60. The Morgan fingerprint density at radius 2 is 1.82 bits per heavy atom. The molecule has 1 fully saturated rings. The number of allylic oxidation sites excluding steroid dienone is 2. The average Bonchev–Trinajstić information content (AvgIpc) is 3.32. The molecule has 176 valence electrons. The van der Waals surface area contributed by atoms with E-state index in [1.807, 2.05) is 29.7 Å². The van der Waals surface area contributed by atoms with E-state index in [1.54, 1.807) is 33.4 Å². The molecule has 3 heterocycles. The Morgan fingerprint density at radius 1 is 1.09 bits per heavy atom. The molecule has 3 aliphatic rings. The summed E-state index contributed by atoms with van der Waals surface area (Å²) < 4.78 is 15.6. The number of urea groups is 1. The van der Waals surface area contributed by atoms with Gasteiger partial charge in [0.25, 0.3) is 5.91 Å². The summed E-state index contributed by atoms with van der Waals surface area (Å²) in [5.74, 6) is 0.876. The first-order valence-electron chi connectivity index (χ1n) is 10.5. The van der Waals surface area contributed by atoms with E-state index in [2.05, 4.69) is 4.74 Å². The standard InChI is InChI=1S/C22H27N5O6/c1-12-13(2)27-18-19(24(3)22(30)25(20(18)29)10-9-17(28)33-6)23-21(27)26(12)15-11-14(31-4)7-8-16(15)32-5/h7-8,11,18-19H,9-10H2,1-6H3. The van der Waals surface area contributed by atoms with Crippen molar-refractivity contribution in [3.63, 3.8) is 0 Å². The number of ether oxygens (including phenoxy) is 3. The highest BCUT2D eigenvalue weighted by atomic mass is 16.5. The molecule has 1 aromatic rings. The van der Waals surface area contributed by atoms with Crippen LogP contribution in [-0.2, 0) is 14.3 Å². The van der Waals surface area contributed by atoms with Crippen molar-refractivity contribution in [1.29, 1.82) is 0 Å². The van der Waals surface area contributed by atoms with Gasteiger partial charge in [-0.05, 0) is 26.0 Å². The number of methoxy groups -OCH3 is 3. The van der Waals surface area contributed by atoms with Gasteiger partial charge in [0, 0.05) is 31.1 Å². The van der Waals surface area contributed by atoms with Gasteiger partial charge in [-0.3, -0.25) is 24.3 Å². The first-order valence-corrected chi connectivity index (χ1v) is 10.5. The van der Waals surface area contributed by atoms with Crippen LogP contribution in [0.2, 0.25) is 0 Å². The minimum atomic E-state index is -0.739. The Balaban J connectivity index is 1.73. The van der Waals surface area contributed by atoms with Gasteiger partial charge in [0.05, 0.1) is 33.4 Å². The number of imide groups is 1. The second-order valence-corrected chi connectivity index (χ2v) is 7.91. The number of benzene rings is 1. The second-order valence-electron chi connectivity index (χ2n) is 7.91. The third-order valence-corrected chi connectivity index (χ3v) is 6.29. The first kappa shape index (κ1) is 22.4. The zero-order valence-corrected chi connectivity index (χ0v) is 19.5. The van der Waals surface area contributed by atoms with Crippen LogP contribution >= 0.6 is 0 Å². The number of guanidine groups is 1. The lowest BCUT2D eigenvalue weighted by molar-refractivity contribution is -0.142. The number of hydrogen-bond donors (Lipinski definition) is 0. The number of aliphatic imine (C=N–C) groups is 1. The Kier molecular flexibility index (Phi) is 5.64. The Bertz CT molecular complexity index is 1080. The van der Waals surface area contributed by atoms with Crippen LogP contribution in [0, 0.1) is 0 Å². The molecule has 11 heteroatoms. The van der Waals surface area contributed by atoms with Crippen molar-refractivity contribution in [2.75, 3.05) is 39.8 Å². The minimum absolute atomic E-state index is 0.0593. The second kappa shape index (κ2) is 8.30. The predicted molar refractivity (Wildman–Crippen MR) is 119 cm³/mol. The molecule has 3 amide bonds. The van der Waals surface area contributed by atoms with E-state index in [4.69, 9.17) is 14.5 Å². The van der Waals surface area contributed by atoms with Gasteiger partial charge < -0.3 is 19.1 Å². The fraction of sp³-hybridized carbons (Fsp3) is 0.455. The van der Waals surface area contributed by atoms with Crippen molar-refractivity contribution in [2.24, 2.45) is 4.99 Å². The molecule has 2 unspecified atom stereocenters. The lowest BCUT2D eigenvalue weighted by Gasteiger charge is -2.40. The molecule has 33 heavy (non-hydrogen) atoms. The van der Waals surface area contributed by atoms with Crippen LogP contribution in [0.3, 0.4) is 0 Å². The monoisotopic (exact) mass is 457 g/mol. The SMILES string of the molecule is COC(=O)CCN1C(=O)C2C(N=C3N(c4cc(OC)ccc4OC)C(C)=C(C)N32)N(C)C1=O. The highest BCUT2D eigenvalue weighted by Crippen LogP contribution is 2.43. The molecule has 11 nitrogen and oxygen atoms in total. The molecular weight excluding hydrogens is 430 g/mol. The summed E-state index contributed by atoms with van der Waals surface area (Å²) in [6.45, 7) is 3.78. The Hall–Kier alpha value is -3.76. The highest BCUT2D eigenvalue weighted by molar-refractivity contribution is 6.11. The molecule has 1 aromatic carbocycles. The first-order chi connectivity index (χ1) is 15.7. The van der Waals surface area contributed by atoms with Gasteiger partial charge in [0.15, 0.2) is 12.2 Å². The van der Waals surface area contributed by atoms with Crippen LogP contribution in [0.15, 0.2) is 34.6 Å². The number of hydrogen-bond acceptors (Lipinski definition) is 9. The molecular formula is C22H27N5O6. The molecule has 0 aromatic heterocycles. The smallest absolute Gasteiger partial charge is 0.328 e. The number of likely N-dealkylation sites (N-methyl/N-ethyl adjacent to an activating group) is 1. The maximum atomic E-state index is 13.5. The van der Waals surface area contributed by atoms with Gasteiger partial charge >= 0.3 is 12.0 Å². The molecule has 0 N–H and O–H groups in total. The molecule has 1 saturated heterocycles. The van der Waals surface area contributed by atoms with E-state index in [-0.39, 0.29) is 13.0 Å². The topological polar surface area (TPSA) is 104 Å². The molecule has 3 aliphatic heterocycles. The van der Waals surface area contributed by atoms with Crippen LogP contribution in [-0.4, -0.2) is 85.7 Å². The van der Waals surface area contributed by atoms with Crippen molar-refractivity contribution < 1.29 is 28.6 Å². The van der Waals surface area contributed by atoms with Gasteiger partial charge in [0.1, 0.15) is 11.5 Å². The molecule has 2 atom stereocenters. The number of fused-ring (bicyclic) bond motifs is 3. The summed E-state index contributed by atoms with van der Waals surface area (Å²) in [6, 6.07) is 4.20. The number of esters is 1. The van der Waals surface area contributed by atoms with Crippen molar-refractivity contribution in [2.45, 2.75) is 32.5 Å². The molecule has 0 bridgehead atoms. The summed E-state index contributed by atoms with van der Waals surface area (Å²) in [5, 5.41) is 0.